The molecule has 2 aliphatic rings. The van der Waals surface area contributed by atoms with Gasteiger partial charge in [0.1, 0.15) is 5.41 Å². The molecule has 3 rings (SSSR count). The van der Waals surface area contributed by atoms with Crippen molar-refractivity contribution >= 4 is 17.7 Å². The third-order valence-corrected chi connectivity index (χ3v) is 5.57. The lowest BCUT2D eigenvalue weighted by Crippen LogP contribution is -2.22. The smallest absolute Gasteiger partial charge is 0.321 e. The summed E-state index contributed by atoms with van der Waals surface area (Å²) >= 11 is 1.91. The maximum atomic E-state index is 11.8. The van der Waals surface area contributed by atoms with Gasteiger partial charge in [-0.2, -0.15) is 16.7 Å². The van der Waals surface area contributed by atoms with Gasteiger partial charge in [0.05, 0.1) is 12.9 Å². The molecule has 2 fully saturated rings. The van der Waals surface area contributed by atoms with Crippen LogP contribution in [-0.4, -0.2) is 28.5 Å². The van der Waals surface area contributed by atoms with Crippen LogP contribution in [0, 0.1) is 0 Å². The number of esters is 1. The van der Waals surface area contributed by atoms with E-state index in [2.05, 4.69) is 10.1 Å². The van der Waals surface area contributed by atoms with Gasteiger partial charge in [-0.05, 0) is 25.7 Å². The van der Waals surface area contributed by atoms with E-state index in [4.69, 9.17) is 9.26 Å². The zero-order valence-electron chi connectivity index (χ0n) is 11.8. The Morgan fingerprint density at radius 1 is 1.40 bits per heavy atom. The Kier molecular flexibility index (Phi) is 4.01. The number of ether oxygens (including phenoxy) is 1. The lowest BCUT2D eigenvalue weighted by molar-refractivity contribution is -0.144. The van der Waals surface area contributed by atoms with E-state index in [0.717, 1.165) is 23.8 Å². The van der Waals surface area contributed by atoms with Crippen LogP contribution in [0.2, 0.25) is 0 Å². The first-order valence-electron chi connectivity index (χ1n) is 7.28. The maximum absolute atomic E-state index is 11.8. The quantitative estimate of drug-likeness (QED) is 0.778. The van der Waals surface area contributed by atoms with E-state index in [1.807, 2.05) is 11.8 Å². The zero-order valence-corrected chi connectivity index (χ0v) is 12.6. The Morgan fingerprint density at radius 3 is 2.80 bits per heavy atom. The standard InChI is InChI=1S/C14H20N2O3S/c1-18-13(17)14(7-8-14)12-15-11(16-19-12)9-20-10-5-3-2-4-6-10/h10H,2-9H2,1H3. The van der Waals surface area contributed by atoms with Crippen LogP contribution >= 0.6 is 11.8 Å². The van der Waals surface area contributed by atoms with Gasteiger partial charge in [-0.3, -0.25) is 4.79 Å². The van der Waals surface area contributed by atoms with Crippen LogP contribution in [0.25, 0.3) is 0 Å². The summed E-state index contributed by atoms with van der Waals surface area (Å²) in [6.45, 7) is 0. The third kappa shape index (κ3) is 2.71. The summed E-state index contributed by atoms with van der Waals surface area (Å²) in [6.07, 6.45) is 8.11. The Hall–Kier alpha value is -1.04. The summed E-state index contributed by atoms with van der Waals surface area (Å²) in [7, 11) is 1.40. The first-order valence-corrected chi connectivity index (χ1v) is 8.32. The van der Waals surface area contributed by atoms with Crippen molar-refractivity contribution in [2.45, 2.75) is 61.4 Å². The summed E-state index contributed by atoms with van der Waals surface area (Å²) in [6, 6.07) is 0. The minimum Gasteiger partial charge on any atom is -0.468 e. The van der Waals surface area contributed by atoms with E-state index in [9.17, 15) is 4.79 Å². The highest BCUT2D eigenvalue weighted by atomic mass is 32.2. The van der Waals surface area contributed by atoms with E-state index in [1.54, 1.807) is 0 Å². The van der Waals surface area contributed by atoms with E-state index in [-0.39, 0.29) is 5.97 Å². The second-order valence-corrected chi connectivity index (χ2v) is 6.95. The predicted molar refractivity (Wildman–Crippen MR) is 75.4 cm³/mol. The van der Waals surface area contributed by atoms with Crippen LogP contribution in [0.3, 0.4) is 0 Å². The van der Waals surface area contributed by atoms with Crippen LogP contribution < -0.4 is 0 Å². The van der Waals surface area contributed by atoms with Crippen LogP contribution in [0.4, 0.5) is 0 Å². The van der Waals surface area contributed by atoms with Crippen molar-refractivity contribution < 1.29 is 14.1 Å². The second-order valence-electron chi connectivity index (χ2n) is 5.66. The number of carbonyl (C=O) groups excluding carboxylic acids is 1. The summed E-state index contributed by atoms with van der Waals surface area (Å²) < 4.78 is 10.1. The molecule has 1 heterocycles. The van der Waals surface area contributed by atoms with E-state index < -0.39 is 5.41 Å². The Bertz CT molecular complexity index is 479. The fraction of sp³-hybridized carbons (Fsp3) is 0.786. The molecule has 0 atom stereocenters. The summed E-state index contributed by atoms with van der Waals surface area (Å²) in [5.74, 6) is 1.65. The van der Waals surface area contributed by atoms with Crippen molar-refractivity contribution in [1.29, 1.82) is 0 Å². The molecule has 1 aromatic rings. The number of rotatable bonds is 5. The van der Waals surface area contributed by atoms with Crippen molar-refractivity contribution in [2.75, 3.05) is 7.11 Å². The fourth-order valence-corrected chi connectivity index (χ4v) is 3.93. The Balaban J connectivity index is 1.58. The van der Waals surface area contributed by atoms with Gasteiger partial charge in [-0.1, -0.05) is 24.4 Å². The number of thioether (sulfide) groups is 1. The van der Waals surface area contributed by atoms with Gasteiger partial charge in [-0.15, -0.1) is 0 Å². The van der Waals surface area contributed by atoms with Crippen LogP contribution in [0.5, 0.6) is 0 Å². The average molecular weight is 296 g/mol. The SMILES string of the molecule is COC(=O)C1(c2nc(CSC3CCCCC3)no2)CC1. The van der Waals surface area contributed by atoms with Crippen molar-refractivity contribution in [3.63, 3.8) is 0 Å². The van der Waals surface area contributed by atoms with E-state index >= 15 is 0 Å². The highest BCUT2D eigenvalue weighted by Gasteiger charge is 2.57. The van der Waals surface area contributed by atoms with Gasteiger partial charge in [-0.25, -0.2) is 0 Å². The molecule has 0 radical (unpaired) electrons. The maximum Gasteiger partial charge on any atom is 0.321 e. The molecule has 0 amide bonds. The number of hydrogen-bond acceptors (Lipinski definition) is 6. The fourth-order valence-electron chi connectivity index (χ4n) is 2.76. The monoisotopic (exact) mass is 296 g/mol. The first-order chi connectivity index (χ1) is 9.74. The first kappa shape index (κ1) is 13.9. The molecule has 5 nitrogen and oxygen atoms in total. The Labute approximate surface area is 122 Å². The molecule has 0 spiro atoms. The van der Waals surface area contributed by atoms with Gasteiger partial charge in [0, 0.05) is 5.25 Å². The van der Waals surface area contributed by atoms with Gasteiger partial charge in [0.2, 0.25) is 5.89 Å². The summed E-state index contributed by atoms with van der Waals surface area (Å²) in [5.41, 5.74) is -0.643. The molecule has 0 aliphatic heterocycles. The molecule has 110 valence electrons. The molecule has 0 saturated heterocycles. The van der Waals surface area contributed by atoms with Crippen LogP contribution in [0.15, 0.2) is 4.52 Å². The Morgan fingerprint density at radius 2 is 2.15 bits per heavy atom. The average Bonchev–Trinajstić information content (AvgIpc) is 3.17. The zero-order chi connectivity index (χ0) is 14.0. The topological polar surface area (TPSA) is 65.2 Å². The molecule has 0 unspecified atom stereocenters. The molecule has 2 aliphatic carbocycles. The lowest BCUT2D eigenvalue weighted by Gasteiger charge is -2.20. The highest BCUT2D eigenvalue weighted by molar-refractivity contribution is 7.99. The molecule has 6 heteroatoms. The number of methoxy groups -OCH3 is 1. The van der Waals surface area contributed by atoms with Gasteiger partial charge >= 0.3 is 5.97 Å². The molecule has 0 bridgehead atoms. The highest BCUT2D eigenvalue weighted by Crippen LogP contribution is 2.48. The van der Waals surface area contributed by atoms with Crippen LogP contribution in [-0.2, 0) is 20.7 Å². The summed E-state index contributed by atoms with van der Waals surface area (Å²) in [4.78, 5) is 16.2. The lowest BCUT2D eigenvalue weighted by atomic mass is 10.0. The molecule has 1 aromatic heterocycles. The molecule has 0 N–H and O–H groups in total. The van der Waals surface area contributed by atoms with E-state index in [0.29, 0.717) is 11.7 Å². The van der Waals surface area contributed by atoms with Crippen molar-refractivity contribution in [3.8, 4) is 0 Å². The van der Waals surface area contributed by atoms with Crippen molar-refractivity contribution in [2.24, 2.45) is 0 Å². The summed E-state index contributed by atoms with van der Waals surface area (Å²) in [5, 5.41) is 4.73. The molecule has 20 heavy (non-hydrogen) atoms. The second kappa shape index (κ2) is 5.76. The number of nitrogens with zero attached hydrogens (tertiary/aromatic N) is 2. The minimum atomic E-state index is -0.643. The molecule has 0 aromatic carbocycles. The van der Waals surface area contributed by atoms with Crippen molar-refractivity contribution in [3.05, 3.63) is 11.7 Å². The van der Waals surface area contributed by atoms with E-state index in [1.165, 1.54) is 39.2 Å². The van der Waals surface area contributed by atoms with Crippen LogP contribution in [0.1, 0.15) is 56.7 Å². The molecular formula is C14H20N2O3S. The molecule has 2 saturated carbocycles. The number of carbonyl (C=O) groups is 1. The number of aromatic nitrogens is 2. The normalized spacial score (nSPS) is 21.6. The molecular weight excluding hydrogens is 276 g/mol. The van der Waals surface area contributed by atoms with Gasteiger partial charge < -0.3 is 9.26 Å². The third-order valence-electron chi connectivity index (χ3n) is 4.20. The largest absolute Gasteiger partial charge is 0.468 e. The predicted octanol–water partition coefficient (Wildman–Crippen LogP) is 2.84. The van der Waals surface area contributed by atoms with Gasteiger partial charge in [0.15, 0.2) is 5.82 Å². The number of hydrogen-bond donors (Lipinski definition) is 0. The minimum absolute atomic E-state index is 0.257. The van der Waals surface area contributed by atoms with Gasteiger partial charge in [0.25, 0.3) is 0 Å². The van der Waals surface area contributed by atoms with Crippen molar-refractivity contribution in [1.82, 2.24) is 10.1 Å².